The molecule has 1 rings (SSSR count). The van der Waals surface area contributed by atoms with Gasteiger partial charge >= 0.3 is 0 Å². The molecule has 0 saturated heterocycles. The third kappa shape index (κ3) is 1.77. The Morgan fingerprint density at radius 1 is 1.50 bits per heavy atom. The number of benzene rings is 1. The number of para-hydroxylation sites is 1. The van der Waals surface area contributed by atoms with Crippen molar-refractivity contribution in [1.82, 2.24) is 0 Å². The summed E-state index contributed by atoms with van der Waals surface area (Å²) >= 11 is 5.88. The van der Waals surface area contributed by atoms with Gasteiger partial charge in [0, 0.05) is 6.54 Å². The lowest BCUT2D eigenvalue weighted by Crippen LogP contribution is -2.20. The summed E-state index contributed by atoms with van der Waals surface area (Å²) in [7, 11) is 0. The molecule has 0 aromatic heterocycles. The number of hydrogen-bond donors (Lipinski definition) is 0. The second-order valence-corrected chi connectivity index (χ2v) is 2.75. The summed E-state index contributed by atoms with van der Waals surface area (Å²) in [6.45, 7) is 2.53. The van der Waals surface area contributed by atoms with Crippen molar-refractivity contribution in [3.8, 4) is 0 Å². The van der Waals surface area contributed by atoms with Crippen molar-refractivity contribution in [2.75, 3.05) is 11.4 Å². The molecule has 0 bridgehead atoms. The van der Waals surface area contributed by atoms with Gasteiger partial charge < -0.3 is 4.90 Å². The van der Waals surface area contributed by atoms with Gasteiger partial charge in [-0.25, -0.2) is 0 Å². The summed E-state index contributed by atoms with van der Waals surface area (Å²) in [6, 6.07) is 7.28. The highest BCUT2D eigenvalue weighted by Crippen LogP contribution is 2.23. The van der Waals surface area contributed by atoms with Gasteiger partial charge in [0.05, 0.1) is 10.7 Å². The lowest BCUT2D eigenvalue weighted by Gasteiger charge is -2.15. The SMILES string of the molecule is CCN(C=O)c1ccccc1Cl. The van der Waals surface area contributed by atoms with Crippen LogP contribution in [-0.4, -0.2) is 13.0 Å². The molecule has 0 fully saturated rings. The lowest BCUT2D eigenvalue weighted by molar-refractivity contribution is -0.107. The van der Waals surface area contributed by atoms with Crippen LogP contribution in [0.25, 0.3) is 0 Å². The van der Waals surface area contributed by atoms with Gasteiger partial charge in [0.25, 0.3) is 0 Å². The smallest absolute Gasteiger partial charge is 0.214 e. The predicted molar refractivity (Wildman–Crippen MR) is 50.5 cm³/mol. The number of hydrogen-bond acceptors (Lipinski definition) is 1. The summed E-state index contributed by atoms with van der Waals surface area (Å²) in [5.41, 5.74) is 0.761. The summed E-state index contributed by atoms with van der Waals surface area (Å²) in [4.78, 5) is 12.1. The maximum Gasteiger partial charge on any atom is 0.214 e. The molecule has 0 N–H and O–H groups in total. The van der Waals surface area contributed by atoms with Crippen LogP contribution < -0.4 is 4.90 Å². The van der Waals surface area contributed by atoms with Crippen molar-refractivity contribution in [2.45, 2.75) is 6.92 Å². The van der Waals surface area contributed by atoms with Crippen LogP contribution in [-0.2, 0) is 4.79 Å². The van der Waals surface area contributed by atoms with Crippen molar-refractivity contribution in [3.63, 3.8) is 0 Å². The van der Waals surface area contributed by atoms with E-state index in [9.17, 15) is 4.79 Å². The maximum absolute atomic E-state index is 10.6. The van der Waals surface area contributed by atoms with Gasteiger partial charge in [0.15, 0.2) is 0 Å². The predicted octanol–water partition coefficient (Wildman–Crippen LogP) is 2.32. The van der Waals surface area contributed by atoms with E-state index in [2.05, 4.69) is 0 Å². The molecule has 0 heterocycles. The molecule has 0 aliphatic heterocycles. The molecular weight excluding hydrogens is 174 g/mol. The minimum atomic E-state index is 0.603. The van der Waals surface area contributed by atoms with E-state index in [1.165, 1.54) is 0 Å². The molecule has 3 heteroatoms. The zero-order valence-corrected chi connectivity index (χ0v) is 7.58. The van der Waals surface area contributed by atoms with Crippen LogP contribution >= 0.6 is 11.6 Å². The molecule has 64 valence electrons. The number of amides is 1. The highest BCUT2D eigenvalue weighted by Gasteiger charge is 2.04. The number of rotatable bonds is 3. The first kappa shape index (κ1) is 9.07. The number of carbonyl (C=O) groups is 1. The summed E-state index contributed by atoms with van der Waals surface area (Å²) in [6.07, 6.45) is 0.779. The largest absolute Gasteiger partial charge is 0.314 e. The molecule has 1 aromatic carbocycles. The maximum atomic E-state index is 10.6. The molecule has 2 nitrogen and oxygen atoms in total. The molecule has 0 radical (unpaired) electrons. The minimum Gasteiger partial charge on any atom is -0.314 e. The van der Waals surface area contributed by atoms with Crippen molar-refractivity contribution < 1.29 is 4.79 Å². The van der Waals surface area contributed by atoms with Gasteiger partial charge in [-0.2, -0.15) is 0 Å². The van der Waals surface area contributed by atoms with Crippen molar-refractivity contribution in [2.24, 2.45) is 0 Å². The molecule has 1 aromatic rings. The third-order valence-electron chi connectivity index (χ3n) is 1.63. The lowest BCUT2D eigenvalue weighted by atomic mass is 10.3. The van der Waals surface area contributed by atoms with Crippen LogP contribution in [0.15, 0.2) is 24.3 Å². The van der Waals surface area contributed by atoms with E-state index in [0.717, 1.165) is 12.1 Å². The van der Waals surface area contributed by atoms with E-state index in [-0.39, 0.29) is 0 Å². The van der Waals surface area contributed by atoms with Gasteiger partial charge in [0.1, 0.15) is 0 Å². The molecule has 0 spiro atoms. The van der Waals surface area contributed by atoms with Crippen LogP contribution in [0.5, 0.6) is 0 Å². The van der Waals surface area contributed by atoms with Gasteiger partial charge in [-0.3, -0.25) is 4.79 Å². The number of carbonyl (C=O) groups excluding carboxylic acids is 1. The quantitative estimate of drug-likeness (QED) is 0.659. The summed E-state index contributed by atoms with van der Waals surface area (Å²) < 4.78 is 0. The Hall–Kier alpha value is -1.02. The van der Waals surface area contributed by atoms with Crippen LogP contribution in [0.1, 0.15) is 6.92 Å². The molecule has 0 aliphatic carbocycles. The first-order chi connectivity index (χ1) is 5.79. The van der Waals surface area contributed by atoms with Crippen molar-refractivity contribution >= 4 is 23.7 Å². The van der Waals surface area contributed by atoms with Crippen LogP contribution in [0, 0.1) is 0 Å². The van der Waals surface area contributed by atoms with Crippen molar-refractivity contribution in [3.05, 3.63) is 29.3 Å². The van der Waals surface area contributed by atoms with E-state index >= 15 is 0 Å². The Kier molecular flexibility index (Phi) is 3.11. The van der Waals surface area contributed by atoms with E-state index < -0.39 is 0 Å². The van der Waals surface area contributed by atoms with Crippen molar-refractivity contribution in [1.29, 1.82) is 0 Å². The van der Waals surface area contributed by atoms with Gasteiger partial charge in [-0.05, 0) is 19.1 Å². The van der Waals surface area contributed by atoms with Gasteiger partial charge in [0.2, 0.25) is 6.41 Å². The first-order valence-corrected chi connectivity index (χ1v) is 4.14. The Morgan fingerprint density at radius 2 is 2.17 bits per heavy atom. The Labute approximate surface area is 76.8 Å². The van der Waals surface area contributed by atoms with E-state index in [0.29, 0.717) is 11.6 Å². The van der Waals surface area contributed by atoms with E-state index in [1.54, 1.807) is 11.0 Å². The number of halogens is 1. The fourth-order valence-corrected chi connectivity index (χ4v) is 1.23. The molecular formula is C9H10ClNO. The average Bonchev–Trinajstić information content (AvgIpc) is 2.10. The van der Waals surface area contributed by atoms with Crippen LogP contribution in [0.3, 0.4) is 0 Å². The molecule has 12 heavy (non-hydrogen) atoms. The first-order valence-electron chi connectivity index (χ1n) is 3.76. The van der Waals surface area contributed by atoms with E-state index in [1.807, 2.05) is 25.1 Å². The zero-order chi connectivity index (χ0) is 8.97. The third-order valence-corrected chi connectivity index (χ3v) is 1.95. The summed E-state index contributed by atoms with van der Waals surface area (Å²) in [5.74, 6) is 0. The minimum absolute atomic E-state index is 0.603. The number of anilines is 1. The summed E-state index contributed by atoms with van der Waals surface area (Å²) in [5, 5.41) is 0.603. The standard InChI is InChI=1S/C9H10ClNO/c1-2-11(7-12)9-6-4-3-5-8(9)10/h3-7H,2H2,1H3. The highest BCUT2D eigenvalue weighted by atomic mass is 35.5. The topological polar surface area (TPSA) is 20.3 Å². The van der Waals surface area contributed by atoms with E-state index in [4.69, 9.17) is 11.6 Å². The normalized spacial score (nSPS) is 9.50. The highest BCUT2D eigenvalue weighted by molar-refractivity contribution is 6.33. The Morgan fingerprint density at radius 3 is 2.67 bits per heavy atom. The van der Waals surface area contributed by atoms with Crippen LogP contribution in [0.4, 0.5) is 5.69 Å². The number of nitrogens with zero attached hydrogens (tertiary/aromatic N) is 1. The second kappa shape index (κ2) is 4.12. The molecule has 1 amide bonds. The second-order valence-electron chi connectivity index (χ2n) is 2.34. The average molecular weight is 184 g/mol. The molecule has 0 aliphatic rings. The Balaban J connectivity index is 3.00. The molecule has 0 unspecified atom stereocenters. The fourth-order valence-electron chi connectivity index (χ4n) is 0.986. The van der Waals surface area contributed by atoms with Gasteiger partial charge in [-0.1, -0.05) is 23.7 Å². The van der Waals surface area contributed by atoms with Gasteiger partial charge in [-0.15, -0.1) is 0 Å². The molecule has 0 atom stereocenters. The molecule has 0 saturated carbocycles. The monoisotopic (exact) mass is 183 g/mol. The zero-order valence-electron chi connectivity index (χ0n) is 6.83. The Bertz CT molecular complexity index is 275. The fraction of sp³-hybridized carbons (Fsp3) is 0.222. The van der Waals surface area contributed by atoms with Crippen LogP contribution in [0.2, 0.25) is 5.02 Å².